The summed E-state index contributed by atoms with van der Waals surface area (Å²) in [5.41, 5.74) is 1.55. The lowest BCUT2D eigenvalue weighted by Gasteiger charge is -2.04. The van der Waals surface area contributed by atoms with Gasteiger partial charge in [-0.3, -0.25) is 9.89 Å². The molecule has 5 heteroatoms. The lowest BCUT2D eigenvalue weighted by molar-refractivity contribution is 0.102. The van der Waals surface area contributed by atoms with Gasteiger partial charge in [-0.15, -0.1) is 0 Å². The van der Waals surface area contributed by atoms with Gasteiger partial charge in [-0.2, -0.15) is 5.10 Å². The number of aromatic nitrogens is 2. The average Bonchev–Trinajstić information content (AvgIpc) is 2.83. The first kappa shape index (κ1) is 12.2. The third-order valence-electron chi connectivity index (χ3n) is 2.82. The molecule has 0 bridgehead atoms. The minimum absolute atomic E-state index is 0.151. The number of aromatic amines is 1. The summed E-state index contributed by atoms with van der Waals surface area (Å²) in [6, 6.07) is 15.1. The van der Waals surface area contributed by atoms with Crippen molar-refractivity contribution in [1.29, 1.82) is 0 Å². The van der Waals surface area contributed by atoms with Crippen molar-refractivity contribution in [2.24, 2.45) is 0 Å². The first-order valence-corrected chi connectivity index (χ1v) is 6.82. The Balaban J connectivity index is 1.94. The number of amides is 1. The number of para-hydroxylation sites is 1. The number of benzene rings is 2. The van der Waals surface area contributed by atoms with Gasteiger partial charge in [0, 0.05) is 8.96 Å². The molecule has 3 aromatic rings. The van der Waals surface area contributed by atoms with E-state index >= 15 is 0 Å². The van der Waals surface area contributed by atoms with Crippen LogP contribution >= 0.6 is 22.6 Å². The van der Waals surface area contributed by atoms with Crippen molar-refractivity contribution in [3.05, 3.63) is 57.7 Å². The number of anilines is 1. The van der Waals surface area contributed by atoms with Crippen LogP contribution < -0.4 is 5.32 Å². The smallest absolute Gasteiger partial charge is 0.257 e. The number of nitrogens with one attached hydrogen (secondary N) is 2. The molecule has 0 atom stereocenters. The number of fused-ring (bicyclic) bond motifs is 1. The number of carbonyl (C=O) groups is 1. The van der Waals surface area contributed by atoms with Gasteiger partial charge >= 0.3 is 0 Å². The molecule has 0 saturated heterocycles. The van der Waals surface area contributed by atoms with Gasteiger partial charge in [0.25, 0.3) is 5.91 Å². The number of nitrogens with zero attached hydrogens (tertiary/aromatic N) is 1. The minimum Gasteiger partial charge on any atom is -0.305 e. The molecular weight excluding hydrogens is 353 g/mol. The van der Waals surface area contributed by atoms with Gasteiger partial charge in [0.05, 0.1) is 11.1 Å². The number of hydrogen-bond donors (Lipinski definition) is 2. The van der Waals surface area contributed by atoms with E-state index < -0.39 is 0 Å². The molecule has 1 aromatic heterocycles. The number of halogens is 1. The molecule has 2 aromatic carbocycles. The van der Waals surface area contributed by atoms with E-state index in [0.29, 0.717) is 11.4 Å². The minimum atomic E-state index is -0.151. The second-order valence-electron chi connectivity index (χ2n) is 4.05. The highest BCUT2D eigenvalue weighted by molar-refractivity contribution is 14.1. The fourth-order valence-electron chi connectivity index (χ4n) is 1.88. The largest absolute Gasteiger partial charge is 0.305 e. The monoisotopic (exact) mass is 363 g/mol. The molecule has 4 nitrogen and oxygen atoms in total. The summed E-state index contributed by atoms with van der Waals surface area (Å²) in [6.07, 6.45) is 0. The molecule has 19 heavy (non-hydrogen) atoms. The molecule has 0 aliphatic heterocycles. The fourth-order valence-corrected chi connectivity index (χ4v) is 2.51. The molecule has 2 N–H and O–H groups in total. The normalized spacial score (nSPS) is 10.6. The maximum absolute atomic E-state index is 12.2. The second-order valence-corrected chi connectivity index (χ2v) is 5.21. The Morgan fingerprint density at radius 3 is 2.68 bits per heavy atom. The Kier molecular flexibility index (Phi) is 3.20. The van der Waals surface area contributed by atoms with E-state index in [0.717, 1.165) is 14.5 Å². The fraction of sp³-hybridized carbons (Fsp3) is 0. The molecule has 1 amide bonds. The van der Waals surface area contributed by atoms with Crippen molar-refractivity contribution in [3.8, 4) is 0 Å². The first-order valence-electron chi connectivity index (χ1n) is 5.75. The third-order valence-corrected chi connectivity index (χ3v) is 3.76. The molecule has 0 spiro atoms. The summed E-state index contributed by atoms with van der Waals surface area (Å²) in [7, 11) is 0. The van der Waals surface area contributed by atoms with E-state index in [1.54, 1.807) is 6.07 Å². The van der Waals surface area contributed by atoms with E-state index in [9.17, 15) is 4.79 Å². The van der Waals surface area contributed by atoms with E-state index in [1.165, 1.54) is 0 Å². The van der Waals surface area contributed by atoms with E-state index in [4.69, 9.17) is 0 Å². The molecule has 94 valence electrons. The molecular formula is C14H10IN3O. The highest BCUT2D eigenvalue weighted by Gasteiger charge is 2.12. The Bertz CT molecular complexity index is 751. The van der Waals surface area contributed by atoms with Gasteiger partial charge in [-0.05, 0) is 46.9 Å². The number of hydrogen-bond acceptors (Lipinski definition) is 2. The van der Waals surface area contributed by atoms with Gasteiger partial charge < -0.3 is 5.32 Å². The Hall–Kier alpha value is -1.89. The lowest BCUT2D eigenvalue weighted by atomic mass is 10.2. The van der Waals surface area contributed by atoms with E-state index in [-0.39, 0.29) is 5.91 Å². The summed E-state index contributed by atoms with van der Waals surface area (Å²) in [6.45, 7) is 0. The summed E-state index contributed by atoms with van der Waals surface area (Å²) >= 11 is 2.15. The van der Waals surface area contributed by atoms with Crippen LogP contribution in [0.3, 0.4) is 0 Å². The Morgan fingerprint density at radius 1 is 1.11 bits per heavy atom. The van der Waals surface area contributed by atoms with Gasteiger partial charge in [0.2, 0.25) is 0 Å². The highest BCUT2D eigenvalue weighted by atomic mass is 127. The molecule has 0 saturated carbocycles. The number of rotatable bonds is 2. The summed E-state index contributed by atoms with van der Waals surface area (Å²) in [5.74, 6) is 0.405. The summed E-state index contributed by atoms with van der Waals surface area (Å²) in [5, 5.41) is 10.8. The van der Waals surface area contributed by atoms with Crippen LogP contribution in [0.4, 0.5) is 5.82 Å². The van der Waals surface area contributed by atoms with Crippen LogP contribution in [0, 0.1) is 3.57 Å². The van der Waals surface area contributed by atoms with Crippen molar-refractivity contribution < 1.29 is 4.79 Å². The maximum Gasteiger partial charge on any atom is 0.257 e. The van der Waals surface area contributed by atoms with Crippen LogP contribution in [0.1, 0.15) is 10.4 Å². The van der Waals surface area contributed by atoms with Crippen LogP contribution in [0.25, 0.3) is 10.9 Å². The van der Waals surface area contributed by atoms with E-state index in [2.05, 4.69) is 38.1 Å². The maximum atomic E-state index is 12.2. The number of carbonyl (C=O) groups excluding carboxylic acids is 1. The molecule has 0 unspecified atom stereocenters. The zero-order valence-corrected chi connectivity index (χ0v) is 12.0. The molecule has 0 aliphatic rings. The van der Waals surface area contributed by atoms with Crippen LogP contribution in [0.5, 0.6) is 0 Å². The Morgan fingerprint density at radius 2 is 1.84 bits per heavy atom. The van der Waals surface area contributed by atoms with Gasteiger partial charge in [-0.1, -0.05) is 24.3 Å². The SMILES string of the molecule is O=C(Nc1n[nH]c2ccccc12)c1ccccc1I. The standard InChI is InChI=1S/C14H10IN3O/c15-11-7-3-1-5-9(11)14(19)16-13-10-6-2-4-8-12(10)17-18-13/h1-8H,(H2,16,17,18,19). The predicted octanol–water partition coefficient (Wildman–Crippen LogP) is 3.42. The summed E-state index contributed by atoms with van der Waals surface area (Å²) in [4.78, 5) is 12.2. The summed E-state index contributed by atoms with van der Waals surface area (Å²) < 4.78 is 0.914. The number of H-pyrrole nitrogens is 1. The van der Waals surface area contributed by atoms with Crippen molar-refractivity contribution in [2.75, 3.05) is 5.32 Å². The topological polar surface area (TPSA) is 57.8 Å². The van der Waals surface area contributed by atoms with Crippen LogP contribution in [0.15, 0.2) is 48.5 Å². The third kappa shape index (κ3) is 2.33. The van der Waals surface area contributed by atoms with Crippen molar-refractivity contribution in [1.82, 2.24) is 10.2 Å². The quantitative estimate of drug-likeness (QED) is 0.686. The molecule has 0 aliphatic carbocycles. The van der Waals surface area contributed by atoms with Crippen LogP contribution in [-0.2, 0) is 0 Å². The van der Waals surface area contributed by atoms with Gasteiger partial charge in [0.1, 0.15) is 0 Å². The molecule has 0 radical (unpaired) electrons. The van der Waals surface area contributed by atoms with Crippen molar-refractivity contribution in [3.63, 3.8) is 0 Å². The van der Waals surface area contributed by atoms with Gasteiger partial charge in [0.15, 0.2) is 5.82 Å². The zero-order chi connectivity index (χ0) is 13.2. The molecule has 1 heterocycles. The van der Waals surface area contributed by atoms with E-state index in [1.807, 2.05) is 42.5 Å². The Labute approximate surface area is 123 Å². The predicted molar refractivity (Wildman–Crippen MR) is 83.2 cm³/mol. The van der Waals surface area contributed by atoms with Crippen LogP contribution in [-0.4, -0.2) is 16.1 Å². The average molecular weight is 363 g/mol. The van der Waals surface area contributed by atoms with Crippen LogP contribution in [0.2, 0.25) is 0 Å². The molecule has 3 rings (SSSR count). The molecule has 0 fully saturated rings. The second kappa shape index (κ2) is 5.00. The van der Waals surface area contributed by atoms with Crippen molar-refractivity contribution in [2.45, 2.75) is 0 Å². The lowest BCUT2D eigenvalue weighted by Crippen LogP contribution is -2.13. The zero-order valence-electron chi connectivity index (χ0n) is 9.85. The first-order chi connectivity index (χ1) is 9.25. The van der Waals surface area contributed by atoms with Gasteiger partial charge in [-0.25, -0.2) is 0 Å². The highest BCUT2D eigenvalue weighted by Crippen LogP contribution is 2.21. The van der Waals surface area contributed by atoms with Crippen molar-refractivity contribution >= 4 is 45.2 Å².